The molecule has 0 bridgehead atoms. The summed E-state index contributed by atoms with van der Waals surface area (Å²) in [5, 5.41) is 0. The van der Waals surface area contributed by atoms with Crippen molar-refractivity contribution in [3.05, 3.63) is 28.2 Å². The molecule has 1 aromatic carbocycles. The second-order valence-electron chi connectivity index (χ2n) is 6.23. The zero-order valence-electron chi connectivity index (χ0n) is 14.2. The van der Waals surface area contributed by atoms with Gasteiger partial charge in [0.05, 0.1) is 6.04 Å². The maximum Gasteiger partial charge on any atom is 0.417 e. The van der Waals surface area contributed by atoms with Crippen molar-refractivity contribution in [2.24, 2.45) is 0 Å². The van der Waals surface area contributed by atoms with Crippen LogP contribution in [0.2, 0.25) is 0 Å². The largest absolute Gasteiger partial charge is 0.439 e. The maximum absolute atomic E-state index is 12.5. The number of benzene rings is 1. The summed E-state index contributed by atoms with van der Waals surface area (Å²) in [5.74, 6) is -0.548. The van der Waals surface area contributed by atoms with Crippen LogP contribution in [0.5, 0.6) is 5.75 Å². The van der Waals surface area contributed by atoms with Gasteiger partial charge in [-0.2, -0.15) is 8.78 Å². The lowest BCUT2D eigenvalue weighted by Crippen LogP contribution is -2.42. The van der Waals surface area contributed by atoms with E-state index in [0.29, 0.717) is 23.0 Å². The van der Waals surface area contributed by atoms with Gasteiger partial charge < -0.3 is 14.4 Å². The molecule has 2 aliphatic rings. The van der Waals surface area contributed by atoms with E-state index in [1.807, 2.05) is 0 Å². The van der Waals surface area contributed by atoms with Gasteiger partial charge in [-0.1, -0.05) is 15.9 Å². The fourth-order valence-corrected chi connectivity index (χ4v) is 3.66. The third kappa shape index (κ3) is 4.55. The Morgan fingerprint density at radius 1 is 1.37 bits per heavy atom. The summed E-state index contributed by atoms with van der Waals surface area (Å²) < 4.78 is 34.9. The number of halogens is 3. The predicted octanol–water partition coefficient (Wildman–Crippen LogP) is 2.56. The third-order valence-corrected chi connectivity index (χ3v) is 5.01. The summed E-state index contributed by atoms with van der Waals surface area (Å²) in [7, 11) is 0. The van der Waals surface area contributed by atoms with Crippen LogP contribution in [-0.4, -0.2) is 60.1 Å². The van der Waals surface area contributed by atoms with Gasteiger partial charge in [-0.05, 0) is 36.6 Å². The standard InChI is InChI=1S/C17H17BrF2N2O5/c18-11-2-3-13(27-16(19)20)10(7-11)1-4-14(23)21-6-5-12(8-21)22-15(24)9-26-17(22)25/h2-3,7,12,16H,1,4-6,8-9H2. The topological polar surface area (TPSA) is 76.2 Å². The van der Waals surface area contributed by atoms with Crippen molar-refractivity contribution in [2.45, 2.75) is 31.9 Å². The van der Waals surface area contributed by atoms with Crippen molar-refractivity contribution in [2.75, 3.05) is 19.7 Å². The highest BCUT2D eigenvalue weighted by Gasteiger charge is 2.41. The van der Waals surface area contributed by atoms with Crippen LogP contribution in [0.25, 0.3) is 0 Å². The highest BCUT2D eigenvalue weighted by Crippen LogP contribution is 2.27. The molecule has 10 heteroatoms. The molecule has 1 aromatic rings. The van der Waals surface area contributed by atoms with Crippen molar-refractivity contribution in [1.29, 1.82) is 0 Å². The molecule has 1 atom stereocenters. The molecule has 2 fully saturated rings. The molecule has 3 rings (SSSR count). The SMILES string of the molecule is O=C(CCc1cc(Br)ccc1OC(F)F)N1CCC(N2C(=O)COC2=O)C1. The number of carbonyl (C=O) groups excluding carboxylic acids is 3. The molecule has 146 valence electrons. The van der Waals surface area contributed by atoms with Crippen LogP contribution in [0.4, 0.5) is 13.6 Å². The first-order chi connectivity index (χ1) is 12.8. The summed E-state index contributed by atoms with van der Waals surface area (Å²) in [4.78, 5) is 38.4. The first-order valence-electron chi connectivity index (χ1n) is 8.35. The van der Waals surface area contributed by atoms with Gasteiger partial charge in [0.2, 0.25) is 5.91 Å². The Bertz CT molecular complexity index is 745. The smallest absolute Gasteiger partial charge is 0.417 e. The van der Waals surface area contributed by atoms with Crippen LogP contribution in [0.15, 0.2) is 22.7 Å². The minimum atomic E-state index is -2.95. The fourth-order valence-electron chi connectivity index (χ4n) is 3.25. The van der Waals surface area contributed by atoms with E-state index in [9.17, 15) is 23.2 Å². The number of hydrogen-bond acceptors (Lipinski definition) is 5. The van der Waals surface area contributed by atoms with Gasteiger partial charge in [-0.25, -0.2) is 9.69 Å². The lowest BCUT2D eigenvalue weighted by molar-refractivity contribution is -0.131. The van der Waals surface area contributed by atoms with E-state index in [-0.39, 0.29) is 43.7 Å². The van der Waals surface area contributed by atoms with Crippen LogP contribution in [0.1, 0.15) is 18.4 Å². The fraction of sp³-hybridized carbons (Fsp3) is 0.471. The Kier molecular flexibility index (Phi) is 5.93. The number of nitrogens with zero attached hydrogens (tertiary/aromatic N) is 2. The number of amides is 3. The lowest BCUT2D eigenvalue weighted by Gasteiger charge is -2.20. The molecule has 0 saturated carbocycles. The molecule has 1 unspecified atom stereocenters. The predicted molar refractivity (Wildman–Crippen MR) is 92.3 cm³/mol. The molecule has 0 spiro atoms. The van der Waals surface area contributed by atoms with Crippen LogP contribution in [0, 0.1) is 0 Å². The molecule has 27 heavy (non-hydrogen) atoms. The van der Waals surface area contributed by atoms with Gasteiger partial charge in [0.25, 0.3) is 5.91 Å². The van der Waals surface area contributed by atoms with Gasteiger partial charge in [-0.3, -0.25) is 9.59 Å². The van der Waals surface area contributed by atoms with E-state index in [0.717, 1.165) is 4.90 Å². The number of ether oxygens (including phenoxy) is 2. The van der Waals surface area contributed by atoms with E-state index in [1.165, 1.54) is 6.07 Å². The Labute approximate surface area is 162 Å². The van der Waals surface area contributed by atoms with Crippen molar-refractivity contribution in [3.8, 4) is 5.75 Å². The van der Waals surface area contributed by atoms with E-state index in [1.54, 1.807) is 17.0 Å². The molecule has 2 saturated heterocycles. The van der Waals surface area contributed by atoms with Crippen molar-refractivity contribution in [1.82, 2.24) is 9.80 Å². The van der Waals surface area contributed by atoms with Crippen molar-refractivity contribution < 1.29 is 32.6 Å². The molecule has 2 aliphatic heterocycles. The average molecular weight is 447 g/mol. The molecular formula is C17H17BrF2N2O5. The number of hydrogen-bond donors (Lipinski definition) is 0. The Morgan fingerprint density at radius 3 is 2.81 bits per heavy atom. The molecule has 7 nitrogen and oxygen atoms in total. The van der Waals surface area contributed by atoms with Gasteiger partial charge in [0.15, 0.2) is 6.61 Å². The summed E-state index contributed by atoms with van der Waals surface area (Å²) in [6, 6.07) is 4.25. The number of likely N-dealkylation sites (tertiary alicyclic amines) is 1. The van der Waals surface area contributed by atoms with E-state index in [2.05, 4.69) is 20.7 Å². The Balaban J connectivity index is 1.58. The van der Waals surface area contributed by atoms with Crippen molar-refractivity contribution >= 4 is 33.8 Å². The van der Waals surface area contributed by atoms with Gasteiger partial charge in [0, 0.05) is 24.0 Å². The Hall–Kier alpha value is -2.23. The zero-order chi connectivity index (χ0) is 19.6. The maximum atomic E-state index is 12.5. The number of imide groups is 1. The molecule has 3 amide bonds. The summed E-state index contributed by atoms with van der Waals surface area (Å²) in [6.45, 7) is -2.55. The summed E-state index contributed by atoms with van der Waals surface area (Å²) in [5.41, 5.74) is 0.493. The first-order valence-corrected chi connectivity index (χ1v) is 9.14. The number of aryl methyl sites for hydroxylation is 1. The number of alkyl halides is 2. The number of carbonyl (C=O) groups is 3. The minimum absolute atomic E-state index is 0.0331. The first kappa shape index (κ1) is 19.5. The van der Waals surface area contributed by atoms with E-state index >= 15 is 0 Å². The second kappa shape index (κ2) is 8.20. The monoisotopic (exact) mass is 446 g/mol. The molecule has 0 N–H and O–H groups in total. The number of cyclic esters (lactones) is 1. The van der Waals surface area contributed by atoms with Crippen LogP contribution in [0.3, 0.4) is 0 Å². The molecule has 2 heterocycles. The van der Waals surface area contributed by atoms with Gasteiger partial charge in [-0.15, -0.1) is 0 Å². The van der Waals surface area contributed by atoms with Crippen LogP contribution < -0.4 is 4.74 Å². The second-order valence-corrected chi connectivity index (χ2v) is 7.15. The van der Waals surface area contributed by atoms with Gasteiger partial charge in [0.1, 0.15) is 5.75 Å². The van der Waals surface area contributed by atoms with Crippen LogP contribution >= 0.6 is 15.9 Å². The zero-order valence-corrected chi connectivity index (χ0v) is 15.8. The van der Waals surface area contributed by atoms with Crippen molar-refractivity contribution in [3.63, 3.8) is 0 Å². The minimum Gasteiger partial charge on any atom is -0.439 e. The Morgan fingerprint density at radius 2 is 2.15 bits per heavy atom. The highest BCUT2D eigenvalue weighted by atomic mass is 79.9. The van der Waals surface area contributed by atoms with E-state index < -0.39 is 18.6 Å². The molecule has 0 radical (unpaired) electrons. The van der Waals surface area contributed by atoms with Crippen LogP contribution in [-0.2, 0) is 20.7 Å². The van der Waals surface area contributed by atoms with Gasteiger partial charge >= 0.3 is 12.7 Å². The molecular weight excluding hydrogens is 430 g/mol. The summed E-state index contributed by atoms with van der Waals surface area (Å²) in [6.07, 6.45) is 0.138. The third-order valence-electron chi connectivity index (χ3n) is 4.51. The normalized spacial score (nSPS) is 19.8. The molecule has 0 aliphatic carbocycles. The average Bonchev–Trinajstić information content (AvgIpc) is 3.21. The number of rotatable bonds is 6. The summed E-state index contributed by atoms with van der Waals surface area (Å²) >= 11 is 3.27. The lowest BCUT2D eigenvalue weighted by atomic mass is 10.1. The molecule has 0 aromatic heterocycles. The van der Waals surface area contributed by atoms with E-state index in [4.69, 9.17) is 4.74 Å². The quantitative estimate of drug-likeness (QED) is 0.670. The highest BCUT2D eigenvalue weighted by molar-refractivity contribution is 9.10.